The first kappa shape index (κ1) is 12.9. The number of rotatable bonds is 3. The van der Waals surface area contributed by atoms with Gasteiger partial charge in [-0.1, -0.05) is 24.3 Å². The zero-order valence-corrected chi connectivity index (χ0v) is 11.4. The van der Waals surface area contributed by atoms with Crippen LogP contribution in [-0.4, -0.2) is 28.6 Å². The molecule has 1 aliphatic heterocycles. The van der Waals surface area contributed by atoms with E-state index in [2.05, 4.69) is 16.3 Å². The van der Waals surface area contributed by atoms with E-state index in [4.69, 9.17) is 0 Å². The fraction of sp³-hybridized carbons (Fsp3) is 0.286. The van der Waals surface area contributed by atoms with Crippen molar-refractivity contribution in [2.75, 3.05) is 6.54 Å². The van der Waals surface area contributed by atoms with Crippen LogP contribution < -0.4 is 5.46 Å². The maximum atomic E-state index is 9.40. The van der Waals surface area contributed by atoms with Gasteiger partial charge in [-0.3, -0.25) is 4.90 Å². The number of hydrogen-bond acceptors (Lipinski definition) is 4. The molecule has 0 saturated carbocycles. The monoisotopic (exact) mass is 273 g/mol. The average molecular weight is 273 g/mol. The summed E-state index contributed by atoms with van der Waals surface area (Å²) in [5.74, 6) is 0. The molecule has 2 aromatic rings. The minimum Gasteiger partial charge on any atom is -0.423 e. The minimum absolute atomic E-state index is 0.610. The van der Waals surface area contributed by atoms with Gasteiger partial charge in [0.2, 0.25) is 0 Å². The van der Waals surface area contributed by atoms with Crippen molar-refractivity contribution in [3.63, 3.8) is 0 Å². The Labute approximate surface area is 117 Å². The number of hydrogen-bond donors (Lipinski definition) is 2. The molecule has 1 aromatic heterocycles. The van der Waals surface area contributed by atoms with Crippen molar-refractivity contribution in [3.8, 4) is 0 Å². The molecule has 19 heavy (non-hydrogen) atoms. The standard InChI is InChI=1S/C14H16BNO2S/c17-15(18)13-4-2-1-3-11(13)9-16-7-5-14-12(10-16)6-8-19-14/h1-4,6,8,17-18H,5,7,9-10H2. The van der Waals surface area contributed by atoms with E-state index in [0.717, 1.165) is 31.6 Å². The summed E-state index contributed by atoms with van der Waals surface area (Å²) < 4.78 is 0. The largest absolute Gasteiger partial charge is 0.488 e. The molecule has 2 N–H and O–H groups in total. The van der Waals surface area contributed by atoms with E-state index in [9.17, 15) is 10.0 Å². The Hall–Kier alpha value is -1.14. The molecule has 3 nitrogen and oxygen atoms in total. The van der Waals surface area contributed by atoms with Gasteiger partial charge in [0.1, 0.15) is 0 Å². The second-order valence-corrected chi connectivity index (χ2v) is 5.90. The maximum Gasteiger partial charge on any atom is 0.488 e. The fourth-order valence-corrected chi connectivity index (χ4v) is 3.50. The molecule has 98 valence electrons. The van der Waals surface area contributed by atoms with Crippen molar-refractivity contribution in [1.82, 2.24) is 4.90 Å². The molecule has 0 bridgehead atoms. The van der Waals surface area contributed by atoms with Crippen LogP contribution in [-0.2, 0) is 19.5 Å². The topological polar surface area (TPSA) is 43.7 Å². The molecule has 1 aliphatic rings. The van der Waals surface area contributed by atoms with Crippen LogP contribution in [0.2, 0.25) is 0 Å². The second kappa shape index (κ2) is 5.47. The zero-order chi connectivity index (χ0) is 13.2. The summed E-state index contributed by atoms with van der Waals surface area (Å²) in [5, 5.41) is 20.9. The Balaban J connectivity index is 1.76. The van der Waals surface area contributed by atoms with Gasteiger partial charge < -0.3 is 10.0 Å². The summed E-state index contributed by atoms with van der Waals surface area (Å²) in [5.41, 5.74) is 3.02. The SMILES string of the molecule is OB(O)c1ccccc1CN1CCc2sccc2C1. The van der Waals surface area contributed by atoms with Crippen molar-refractivity contribution in [2.45, 2.75) is 19.5 Å². The van der Waals surface area contributed by atoms with E-state index < -0.39 is 7.12 Å². The number of nitrogens with zero attached hydrogens (tertiary/aromatic N) is 1. The van der Waals surface area contributed by atoms with Crippen LogP contribution >= 0.6 is 11.3 Å². The van der Waals surface area contributed by atoms with Crippen molar-refractivity contribution in [3.05, 3.63) is 51.7 Å². The Bertz CT molecular complexity index is 570. The smallest absolute Gasteiger partial charge is 0.423 e. The van der Waals surface area contributed by atoms with Crippen molar-refractivity contribution >= 4 is 23.9 Å². The predicted octanol–water partition coefficient (Wildman–Crippen LogP) is 0.986. The Kier molecular flexibility index (Phi) is 3.70. The molecule has 0 spiro atoms. The summed E-state index contributed by atoms with van der Waals surface area (Å²) in [6.45, 7) is 2.75. The third kappa shape index (κ3) is 2.74. The highest BCUT2D eigenvalue weighted by molar-refractivity contribution is 7.10. The summed E-state index contributed by atoms with van der Waals surface area (Å²) in [4.78, 5) is 3.85. The van der Waals surface area contributed by atoms with Gasteiger partial charge in [-0.15, -0.1) is 11.3 Å². The van der Waals surface area contributed by atoms with E-state index in [-0.39, 0.29) is 0 Å². The first-order valence-corrected chi connectivity index (χ1v) is 7.33. The van der Waals surface area contributed by atoms with E-state index in [1.165, 1.54) is 10.4 Å². The van der Waals surface area contributed by atoms with E-state index in [1.54, 1.807) is 6.07 Å². The molecule has 0 aliphatic carbocycles. The second-order valence-electron chi connectivity index (χ2n) is 4.90. The first-order chi connectivity index (χ1) is 9.24. The van der Waals surface area contributed by atoms with Gasteiger partial charge in [0, 0.05) is 24.5 Å². The number of benzene rings is 1. The summed E-state index contributed by atoms with van der Waals surface area (Å²) >= 11 is 1.84. The molecule has 0 atom stereocenters. The first-order valence-electron chi connectivity index (χ1n) is 6.45. The van der Waals surface area contributed by atoms with Crippen molar-refractivity contribution in [1.29, 1.82) is 0 Å². The van der Waals surface area contributed by atoms with Gasteiger partial charge in [-0.05, 0) is 34.5 Å². The van der Waals surface area contributed by atoms with Gasteiger partial charge >= 0.3 is 7.12 Å². The molecule has 0 fully saturated rings. The molecule has 0 unspecified atom stereocenters. The molecule has 3 rings (SSSR count). The lowest BCUT2D eigenvalue weighted by Gasteiger charge is -2.27. The normalized spacial score (nSPS) is 15.3. The highest BCUT2D eigenvalue weighted by Gasteiger charge is 2.20. The Morgan fingerprint density at radius 2 is 2.05 bits per heavy atom. The number of fused-ring (bicyclic) bond motifs is 1. The van der Waals surface area contributed by atoms with E-state index >= 15 is 0 Å². The van der Waals surface area contributed by atoms with Gasteiger partial charge in [0.05, 0.1) is 0 Å². The lowest BCUT2D eigenvalue weighted by molar-refractivity contribution is 0.248. The molecular weight excluding hydrogens is 257 g/mol. The van der Waals surface area contributed by atoms with Crippen molar-refractivity contribution < 1.29 is 10.0 Å². The van der Waals surface area contributed by atoms with Crippen molar-refractivity contribution in [2.24, 2.45) is 0 Å². The van der Waals surface area contributed by atoms with Crippen LogP contribution in [0.25, 0.3) is 0 Å². The van der Waals surface area contributed by atoms with Gasteiger partial charge in [0.15, 0.2) is 0 Å². The number of thiophene rings is 1. The maximum absolute atomic E-state index is 9.40. The molecule has 1 aromatic carbocycles. The zero-order valence-electron chi connectivity index (χ0n) is 10.6. The quantitative estimate of drug-likeness (QED) is 0.820. The van der Waals surface area contributed by atoms with Gasteiger partial charge in [-0.2, -0.15) is 0 Å². The van der Waals surface area contributed by atoms with Crippen LogP contribution in [0, 0.1) is 0 Å². The molecule has 0 amide bonds. The van der Waals surface area contributed by atoms with Crippen LogP contribution in [0.15, 0.2) is 35.7 Å². The summed E-state index contributed by atoms with van der Waals surface area (Å²) in [6.07, 6.45) is 1.09. The molecule has 5 heteroatoms. The van der Waals surface area contributed by atoms with Crippen LogP contribution in [0.5, 0.6) is 0 Å². The van der Waals surface area contributed by atoms with Crippen LogP contribution in [0.4, 0.5) is 0 Å². The predicted molar refractivity (Wildman–Crippen MR) is 78.4 cm³/mol. The highest BCUT2D eigenvalue weighted by atomic mass is 32.1. The molecule has 2 heterocycles. The fourth-order valence-electron chi connectivity index (χ4n) is 2.61. The Morgan fingerprint density at radius 3 is 2.89 bits per heavy atom. The highest BCUT2D eigenvalue weighted by Crippen LogP contribution is 2.24. The summed E-state index contributed by atoms with van der Waals surface area (Å²) in [6, 6.07) is 9.73. The third-order valence-corrected chi connectivity index (χ3v) is 4.64. The minimum atomic E-state index is -1.39. The third-order valence-electron chi connectivity index (χ3n) is 3.61. The average Bonchev–Trinajstić information content (AvgIpc) is 2.86. The van der Waals surface area contributed by atoms with Crippen LogP contribution in [0.1, 0.15) is 16.0 Å². The lowest BCUT2D eigenvalue weighted by Crippen LogP contribution is -2.37. The van der Waals surface area contributed by atoms with E-state index in [0.29, 0.717) is 5.46 Å². The van der Waals surface area contributed by atoms with Gasteiger partial charge in [-0.25, -0.2) is 0 Å². The molecule has 0 radical (unpaired) electrons. The van der Waals surface area contributed by atoms with Crippen LogP contribution in [0.3, 0.4) is 0 Å². The Morgan fingerprint density at radius 1 is 1.21 bits per heavy atom. The summed E-state index contributed by atoms with van der Waals surface area (Å²) in [7, 11) is -1.39. The van der Waals surface area contributed by atoms with Gasteiger partial charge in [0.25, 0.3) is 0 Å². The lowest BCUT2D eigenvalue weighted by atomic mass is 9.77. The van der Waals surface area contributed by atoms with E-state index in [1.807, 2.05) is 29.5 Å². The molecule has 0 saturated heterocycles. The molecular formula is C14H16BNO2S.